The molecule has 0 spiro atoms. The summed E-state index contributed by atoms with van der Waals surface area (Å²) in [6.07, 6.45) is 9.17. The van der Waals surface area contributed by atoms with Crippen LogP contribution in [0.5, 0.6) is 0 Å². The van der Waals surface area contributed by atoms with Gasteiger partial charge in [0.15, 0.2) is 0 Å². The molecule has 1 atom stereocenters. The van der Waals surface area contributed by atoms with E-state index in [1.54, 1.807) is 0 Å². The van der Waals surface area contributed by atoms with Crippen molar-refractivity contribution >= 4 is 10.9 Å². The van der Waals surface area contributed by atoms with Crippen molar-refractivity contribution in [1.29, 1.82) is 0 Å². The Kier molecular flexibility index (Phi) is 8.19. The summed E-state index contributed by atoms with van der Waals surface area (Å²) < 4.78 is 0. The van der Waals surface area contributed by atoms with Crippen molar-refractivity contribution in [3.63, 3.8) is 0 Å². The summed E-state index contributed by atoms with van der Waals surface area (Å²) in [6, 6.07) is 14.9. The quantitative estimate of drug-likeness (QED) is 0.437. The molecular weight excluding hydrogens is 428 g/mol. The third-order valence-electron chi connectivity index (χ3n) is 4.79. The van der Waals surface area contributed by atoms with Crippen LogP contribution in [0.2, 0.25) is 0 Å². The molecule has 1 aromatic heterocycles. The molecule has 0 radical (unpaired) electrons. The van der Waals surface area contributed by atoms with Crippen molar-refractivity contribution < 1.29 is 51.0 Å². The first-order valence-electron chi connectivity index (χ1n) is 7.91. The zero-order chi connectivity index (χ0) is 15.1. The molecular formula is C21H19Cl2NZr. The van der Waals surface area contributed by atoms with E-state index in [0.29, 0.717) is 0 Å². The van der Waals surface area contributed by atoms with Crippen LogP contribution in [0.25, 0.3) is 10.9 Å². The maximum Gasteiger partial charge on any atom is 4.00 e. The van der Waals surface area contributed by atoms with Crippen LogP contribution in [0.1, 0.15) is 41.0 Å². The molecule has 1 heterocycles. The van der Waals surface area contributed by atoms with Gasteiger partial charge in [0.25, 0.3) is 0 Å². The normalized spacial score (nSPS) is 15.8. The van der Waals surface area contributed by atoms with E-state index in [1.807, 2.05) is 0 Å². The average Bonchev–Trinajstić information content (AvgIpc) is 2.99. The van der Waals surface area contributed by atoms with Gasteiger partial charge in [0.05, 0.1) is 0 Å². The van der Waals surface area contributed by atoms with Crippen molar-refractivity contribution in [2.45, 2.75) is 32.6 Å². The van der Waals surface area contributed by atoms with Crippen LogP contribution in [0.3, 0.4) is 0 Å². The maximum absolute atomic E-state index is 3.45. The second-order valence-electron chi connectivity index (χ2n) is 6.20. The summed E-state index contributed by atoms with van der Waals surface area (Å²) in [5, 5.41) is 1.31. The second kappa shape index (κ2) is 9.22. The smallest absolute Gasteiger partial charge is 1.00 e. The van der Waals surface area contributed by atoms with E-state index in [0.717, 1.165) is 5.92 Å². The molecule has 0 aliphatic heterocycles. The van der Waals surface area contributed by atoms with Crippen LogP contribution in [0.15, 0.2) is 48.0 Å². The third kappa shape index (κ3) is 4.13. The first-order valence-corrected chi connectivity index (χ1v) is 7.91. The predicted octanol–water partition coefficient (Wildman–Crippen LogP) is -0.754. The van der Waals surface area contributed by atoms with Gasteiger partial charge in [-0.15, -0.1) is 52.0 Å². The number of aromatic nitrogens is 1. The van der Waals surface area contributed by atoms with Crippen LogP contribution in [-0.2, 0) is 26.2 Å². The summed E-state index contributed by atoms with van der Waals surface area (Å²) in [6.45, 7) is 4.20. The fourth-order valence-corrected chi connectivity index (χ4v) is 3.51. The number of hydrogen-bond donors (Lipinski definition) is 1. The van der Waals surface area contributed by atoms with Crippen molar-refractivity contribution in [3.05, 3.63) is 82.6 Å². The van der Waals surface area contributed by atoms with Crippen LogP contribution in [0, 0.1) is 26.1 Å². The van der Waals surface area contributed by atoms with Gasteiger partial charge in [-0.2, -0.15) is 23.3 Å². The number of nitrogens with one attached hydrogen (secondary N) is 1. The number of aryl methyl sites for hydroxylation is 2. The molecule has 1 N–H and O–H groups in total. The molecule has 0 saturated heterocycles. The van der Waals surface area contributed by atoms with Gasteiger partial charge in [0.2, 0.25) is 0 Å². The molecule has 4 heteroatoms. The summed E-state index contributed by atoms with van der Waals surface area (Å²) >= 11 is 0. The Bertz CT molecular complexity index is 882. The number of H-pyrrole nitrogens is 1. The largest absolute Gasteiger partial charge is 4.00 e. The minimum absolute atomic E-state index is 0. The van der Waals surface area contributed by atoms with Crippen molar-refractivity contribution in [2.24, 2.45) is 0 Å². The number of allylic oxidation sites excluding steroid dienone is 1. The molecule has 2 aliphatic rings. The van der Waals surface area contributed by atoms with Gasteiger partial charge in [0, 0.05) is 0 Å². The summed E-state index contributed by atoms with van der Waals surface area (Å²) in [5.74, 6) is 0.756. The SMILES string of the molecule is Cc1[c-][nH]c2cccc(C)c12.[C-]1=C2CCC2c2ccccc21.[Cl-].[Cl-].[Zr+4]. The van der Waals surface area contributed by atoms with Crippen molar-refractivity contribution in [3.8, 4) is 0 Å². The molecule has 0 bridgehead atoms. The average molecular weight is 448 g/mol. The van der Waals surface area contributed by atoms with Crippen LogP contribution < -0.4 is 24.8 Å². The van der Waals surface area contributed by atoms with Gasteiger partial charge in [-0.25, -0.2) is 0 Å². The fourth-order valence-electron chi connectivity index (χ4n) is 3.51. The standard InChI is InChI=1S/C11H9.C10H10N.2ClH.Zr/c1-2-4-10-8(3-1)7-9-5-6-11(9)10;1-7-4-3-5-9-10(7)8(2)6-11-9;;;/h1-4,11H,5-6H2;3-5,11H,1-2H3;2*1H;/q2*-1;;;+4/p-2. The molecule has 1 unspecified atom stereocenters. The fraction of sp³-hybridized carbons (Fsp3) is 0.238. The molecule has 3 aromatic rings. The molecule has 25 heavy (non-hydrogen) atoms. The Labute approximate surface area is 181 Å². The number of hydrogen-bond acceptors (Lipinski definition) is 0. The first-order chi connectivity index (χ1) is 10.7. The number of aromatic amines is 1. The van der Waals surface area contributed by atoms with Crippen molar-refractivity contribution in [2.75, 3.05) is 0 Å². The molecule has 2 aliphatic carbocycles. The Hall–Kier alpha value is -0.817. The molecule has 0 amide bonds. The minimum Gasteiger partial charge on any atom is -1.00 e. The summed E-state index contributed by atoms with van der Waals surface area (Å²) in [5.41, 5.74) is 8.09. The molecule has 1 nitrogen and oxygen atoms in total. The van der Waals surface area contributed by atoms with Gasteiger partial charge in [-0.1, -0.05) is 44.4 Å². The Morgan fingerprint density at radius 1 is 1.00 bits per heavy atom. The van der Waals surface area contributed by atoms with Gasteiger partial charge in [-0.3, -0.25) is 0 Å². The Balaban J connectivity index is 0.000000223. The van der Waals surface area contributed by atoms with Crippen molar-refractivity contribution in [1.82, 2.24) is 4.98 Å². The second-order valence-corrected chi connectivity index (χ2v) is 6.20. The van der Waals surface area contributed by atoms with E-state index < -0.39 is 0 Å². The number of rotatable bonds is 0. The van der Waals surface area contributed by atoms with Gasteiger partial charge < -0.3 is 29.8 Å². The van der Waals surface area contributed by atoms with Gasteiger partial charge in [-0.05, 0) is 6.42 Å². The van der Waals surface area contributed by atoms with E-state index in [4.69, 9.17) is 0 Å². The number of benzene rings is 2. The van der Waals surface area contributed by atoms with E-state index in [-0.39, 0.29) is 51.0 Å². The van der Waals surface area contributed by atoms with Crippen LogP contribution in [0.4, 0.5) is 0 Å². The van der Waals surface area contributed by atoms with Crippen LogP contribution in [-0.4, -0.2) is 4.98 Å². The molecule has 1 saturated carbocycles. The maximum atomic E-state index is 3.45. The monoisotopic (exact) mass is 445 g/mol. The molecule has 126 valence electrons. The Morgan fingerprint density at radius 2 is 1.76 bits per heavy atom. The molecule has 5 rings (SSSR count). The molecule has 1 fully saturated rings. The van der Waals surface area contributed by atoms with Crippen LogP contribution >= 0.6 is 0 Å². The number of halogens is 2. The predicted molar refractivity (Wildman–Crippen MR) is 90.9 cm³/mol. The zero-order valence-corrected chi connectivity index (χ0v) is 18.3. The summed E-state index contributed by atoms with van der Waals surface area (Å²) in [7, 11) is 0. The Morgan fingerprint density at radius 3 is 2.44 bits per heavy atom. The van der Waals surface area contributed by atoms with Gasteiger partial charge >= 0.3 is 26.2 Å². The van der Waals surface area contributed by atoms with E-state index in [2.05, 4.69) is 73.6 Å². The summed E-state index contributed by atoms with van der Waals surface area (Å²) in [4.78, 5) is 3.10. The van der Waals surface area contributed by atoms with Gasteiger partial charge in [0.1, 0.15) is 0 Å². The van der Waals surface area contributed by atoms with E-state index in [1.165, 1.54) is 51.6 Å². The molecule has 2 aromatic carbocycles. The zero-order valence-electron chi connectivity index (χ0n) is 14.3. The number of fused-ring (bicyclic) bond motifs is 4. The topological polar surface area (TPSA) is 15.8 Å². The van der Waals surface area contributed by atoms with E-state index >= 15 is 0 Å². The third-order valence-corrected chi connectivity index (χ3v) is 4.79. The van der Waals surface area contributed by atoms with E-state index in [9.17, 15) is 0 Å². The first kappa shape index (κ1) is 22.2. The minimum atomic E-state index is 0.